The van der Waals surface area contributed by atoms with Crippen molar-refractivity contribution in [3.05, 3.63) is 65.2 Å². The van der Waals surface area contributed by atoms with Gasteiger partial charge in [0, 0.05) is 17.6 Å². The van der Waals surface area contributed by atoms with E-state index in [2.05, 4.69) is 22.3 Å². The molecular formula is C21H23F3N2. The summed E-state index contributed by atoms with van der Waals surface area (Å²) in [4.78, 5) is 2.17. The summed E-state index contributed by atoms with van der Waals surface area (Å²) in [6.07, 6.45) is -2.30. The molecule has 0 bridgehead atoms. The number of hydrogen-bond donors (Lipinski definition) is 1. The average Bonchev–Trinajstić information content (AvgIpc) is 3.06. The fourth-order valence-electron chi connectivity index (χ4n) is 4.81. The first-order valence-corrected chi connectivity index (χ1v) is 9.05. The molecule has 2 aliphatic rings. The summed E-state index contributed by atoms with van der Waals surface area (Å²) in [5, 5.41) is 3.54. The van der Waals surface area contributed by atoms with Crippen molar-refractivity contribution in [3.8, 4) is 0 Å². The third kappa shape index (κ3) is 2.88. The maximum atomic E-state index is 13.3. The summed E-state index contributed by atoms with van der Waals surface area (Å²) < 4.78 is 39.8. The van der Waals surface area contributed by atoms with Crippen molar-refractivity contribution < 1.29 is 13.2 Å². The molecule has 5 heteroatoms. The lowest BCUT2D eigenvalue weighted by molar-refractivity contribution is -0.137. The summed E-state index contributed by atoms with van der Waals surface area (Å²) in [6, 6.07) is 14.8. The van der Waals surface area contributed by atoms with E-state index in [0.29, 0.717) is 5.92 Å². The van der Waals surface area contributed by atoms with Gasteiger partial charge < -0.3 is 10.2 Å². The Balaban J connectivity index is 1.82. The van der Waals surface area contributed by atoms with Crippen LogP contribution in [0.25, 0.3) is 0 Å². The van der Waals surface area contributed by atoms with Crippen LogP contribution in [0.15, 0.2) is 48.5 Å². The van der Waals surface area contributed by atoms with E-state index in [1.54, 1.807) is 6.07 Å². The average molecular weight is 360 g/mol. The van der Waals surface area contributed by atoms with E-state index in [-0.39, 0.29) is 18.0 Å². The first kappa shape index (κ1) is 17.4. The Labute approximate surface area is 152 Å². The molecule has 1 aliphatic carbocycles. The van der Waals surface area contributed by atoms with Gasteiger partial charge in [-0.05, 0) is 62.2 Å². The predicted octanol–water partition coefficient (Wildman–Crippen LogP) is 5.30. The monoisotopic (exact) mass is 360 g/mol. The van der Waals surface area contributed by atoms with Gasteiger partial charge in [-0.1, -0.05) is 30.3 Å². The highest BCUT2D eigenvalue weighted by Crippen LogP contribution is 2.54. The minimum absolute atomic E-state index is 0.105. The Bertz CT molecular complexity index is 786. The van der Waals surface area contributed by atoms with Crippen LogP contribution in [0.1, 0.15) is 41.5 Å². The van der Waals surface area contributed by atoms with Crippen molar-refractivity contribution in [2.24, 2.45) is 5.92 Å². The van der Waals surface area contributed by atoms with Crippen molar-refractivity contribution in [1.82, 2.24) is 4.90 Å². The molecule has 0 amide bonds. The minimum Gasteiger partial charge on any atom is -0.378 e. The second-order valence-corrected chi connectivity index (χ2v) is 7.63. The van der Waals surface area contributed by atoms with Crippen molar-refractivity contribution in [2.45, 2.75) is 37.0 Å². The van der Waals surface area contributed by atoms with Crippen molar-refractivity contribution >= 4 is 5.69 Å². The van der Waals surface area contributed by atoms with Gasteiger partial charge in [-0.2, -0.15) is 13.2 Å². The smallest absolute Gasteiger partial charge is 0.378 e. The fraction of sp³-hybridized carbons (Fsp3) is 0.429. The molecule has 1 saturated carbocycles. The highest BCUT2D eigenvalue weighted by molar-refractivity contribution is 5.60. The van der Waals surface area contributed by atoms with E-state index in [1.165, 1.54) is 17.7 Å². The van der Waals surface area contributed by atoms with Crippen LogP contribution in [0.4, 0.5) is 18.9 Å². The normalized spacial score (nSPS) is 27.8. The summed E-state index contributed by atoms with van der Waals surface area (Å²) in [7, 11) is 4.06. The molecule has 1 N–H and O–H groups in total. The standard InChI is InChI=1S/C21H23F3N2/c1-26(2)18-11-9-15-19(18)16-12-14(21(22,23)24)8-10-17(16)25-20(15)13-6-4-3-5-7-13/h3-8,10,12,15,18-20,25H,9,11H2,1-2H3/t15-,18?,19?,20-/m1/s1. The third-order valence-corrected chi connectivity index (χ3v) is 5.97. The number of halogens is 3. The molecule has 138 valence electrons. The van der Waals surface area contributed by atoms with Gasteiger partial charge in [0.2, 0.25) is 0 Å². The Morgan fingerprint density at radius 2 is 1.73 bits per heavy atom. The first-order chi connectivity index (χ1) is 12.4. The van der Waals surface area contributed by atoms with Crippen molar-refractivity contribution in [3.63, 3.8) is 0 Å². The molecule has 2 unspecified atom stereocenters. The lowest BCUT2D eigenvalue weighted by atomic mass is 9.75. The Hall–Kier alpha value is -2.01. The molecule has 26 heavy (non-hydrogen) atoms. The SMILES string of the molecule is CN(C)C1CC[C@@H]2C1c1cc(C(F)(F)F)ccc1N[C@@H]2c1ccccc1. The largest absolute Gasteiger partial charge is 0.416 e. The molecule has 0 spiro atoms. The van der Waals surface area contributed by atoms with Gasteiger partial charge in [0.05, 0.1) is 11.6 Å². The van der Waals surface area contributed by atoms with Gasteiger partial charge >= 0.3 is 6.18 Å². The van der Waals surface area contributed by atoms with Gasteiger partial charge in [-0.3, -0.25) is 0 Å². The van der Waals surface area contributed by atoms with E-state index >= 15 is 0 Å². The zero-order valence-electron chi connectivity index (χ0n) is 14.9. The number of nitrogens with one attached hydrogen (secondary N) is 1. The predicted molar refractivity (Wildman–Crippen MR) is 97.2 cm³/mol. The highest BCUT2D eigenvalue weighted by atomic mass is 19.4. The molecule has 4 rings (SSSR count). The van der Waals surface area contributed by atoms with Gasteiger partial charge in [0.1, 0.15) is 0 Å². The Morgan fingerprint density at radius 3 is 2.38 bits per heavy atom. The second-order valence-electron chi connectivity index (χ2n) is 7.63. The van der Waals surface area contributed by atoms with Gasteiger partial charge in [-0.15, -0.1) is 0 Å². The van der Waals surface area contributed by atoms with Crippen molar-refractivity contribution in [2.75, 3.05) is 19.4 Å². The first-order valence-electron chi connectivity index (χ1n) is 9.05. The summed E-state index contributed by atoms with van der Waals surface area (Å²) >= 11 is 0. The van der Waals surface area contributed by atoms with Crippen LogP contribution < -0.4 is 5.32 Å². The molecule has 0 aromatic heterocycles. The van der Waals surface area contributed by atoms with Crippen LogP contribution in [0.2, 0.25) is 0 Å². The van der Waals surface area contributed by atoms with Crippen LogP contribution in [0.3, 0.4) is 0 Å². The van der Waals surface area contributed by atoms with E-state index in [9.17, 15) is 13.2 Å². The second kappa shape index (κ2) is 6.31. The number of hydrogen-bond acceptors (Lipinski definition) is 2. The van der Waals surface area contributed by atoms with Crippen LogP contribution in [-0.2, 0) is 6.18 Å². The molecule has 4 atom stereocenters. The molecule has 2 nitrogen and oxygen atoms in total. The molecule has 2 aromatic carbocycles. The number of anilines is 1. The number of nitrogens with zero attached hydrogens (tertiary/aromatic N) is 1. The molecule has 1 fully saturated rings. The van der Waals surface area contributed by atoms with Crippen LogP contribution in [-0.4, -0.2) is 25.0 Å². The van der Waals surface area contributed by atoms with Crippen LogP contribution in [0.5, 0.6) is 0 Å². The summed E-state index contributed by atoms with van der Waals surface area (Å²) in [5.41, 5.74) is 2.29. The molecule has 0 saturated heterocycles. The Morgan fingerprint density at radius 1 is 1.00 bits per heavy atom. The molecule has 1 aliphatic heterocycles. The maximum Gasteiger partial charge on any atom is 0.416 e. The minimum atomic E-state index is -4.31. The molecule has 0 radical (unpaired) electrons. The van der Waals surface area contributed by atoms with E-state index < -0.39 is 11.7 Å². The van der Waals surface area contributed by atoms with Gasteiger partial charge in [0.25, 0.3) is 0 Å². The molecular weight excluding hydrogens is 337 g/mol. The van der Waals surface area contributed by atoms with Crippen LogP contribution >= 0.6 is 0 Å². The topological polar surface area (TPSA) is 15.3 Å². The zero-order valence-corrected chi connectivity index (χ0v) is 14.9. The maximum absolute atomic E-state index is 13.3. The van der Waals surface area contributed by atoms with E-state index in [0.717, 1.165) is 24.1 Å². The number of alkyl halides is 3. The zero-order chi connectivity index (χ0) is 18.5. The summed E-state index contributed by atoms with van der Waals surface area (Å²) in [6.45, 7) is 0. The Kier molecular flexibility index (Phi) is 4.22. The molecule has 1 heterocycles. The van der Waals surface area contributed by atoms with E-state index in [1.807, 2.05) is 32.3 Å². The van der Waals surface area contributed by atoms with Crippen LogP contribution in [0, 0.1) is 5.92 Å². The number of fused-ring (bicyclic) bond motifs is 3. The van der Waals surface area contributed by atoms with E-state index in [4.69, 9.17) is 0 Å². The third-order valence-electron chi connectivity index (χ3n) is 5.97. The van der Waals surface area contributed by atoms with Gasteiger partial charge in [-0.25, -0.2) is 0 Å². The summed E-state index contributed by atoms with van der Waals surface area (Å²) in [5.74, 6) is 0.398. The molecule has 2 aromatic rings. The van der Waals surface area contributed by atoms with Gasteiger partial charge in [0.15, 0.2) is 0 Å². The quantitative estimate of drug-likeness (QED) is 0.782. The highest BCUT2D eigenvalue weighted by Gasteiger charge is 2.47. The fourth-order valence-corrected chi connectivity index (χ4v) is 4.81. The number of rotatable bonds is 2. The lowest BCUT2D eigenvalue weighted by Crippen LogP contribution is -2.37. The lowest BCUT2D eigenvalue weighted by Gasteiger charge is -2.41. The van der Waals surface area contributed by atoms with Crippen molar-refractivity contribution in [1.29, 1.82) is 0 Å². The number of benzene rings is 2. The number of likely N-dealkylation sites (N-methyl/N-ethyl adjacent to an activating group) is 1.